The van der Waals surface area contributed by atoms with Crippen LogP contribution in [0.4, 0.5) is 18.0 Å². The molecule has 3 heterocycles. The van der Waals surface area contributed by atoms with Gasteiger partial charge in [-0.05, 0) is 12.1 Å². The number of carbonyl (C=O) groups excluding carboxylic acids is 2. The van der Waals surface area contributed by atoms with Gasteiger partial charge < -0.3 is 29.1 Å². The number of alkyl halides is 3. The summed E-state index contributed by atoms with van der Waals surface area (Å²) in [6.07, 6.45) is -4.73. The van der Waals surface area contributed by atoms with E-state index in [0.717, 1.165) is 0 Å². The van der Waals surface area contributed by atoms with Gasteiger partial charge in [0.15, 0.2) is 0 Å². The molecule has 178 valence electrons. The fourth-order valence-electron chi connectivity index (χ4n) is 3.55. The van der Waals surface area contributed by atoms with Crippen molar-refractivity contribution in [2.45, 2.75) is 12.2 Å². The number of aromatic nitrogens is 2. The second kappa shape index (κ2) is 9.75. The zero-order valence-electron chi connectivity index (χ0n) is 17.5. The average molecular weight is 469 g/mol. The highest BCUT2D eigenvalue weighted by Crippen LogP contribution is 2.29. The van der Waals surface area contributed by atoms with Gasteiger partial charge in [0.2, 0.25) is 5.82 Å². The van der Waals surface area contributed by atoms with Crippen LogP contribution in [0.2, 0.25) is 0 Å². The summed E-state index contributed by atoms with van der Waals surface area (Å²) < 4.78 is 52.8. The van der Waals surface area contributed by atoms with Crippen molar-refractivity contribution in [2.75, 3.05) is 52.6 Å². The summed E-state index contributed by atoms with van der Waals surface area (Å²) in [5.41, 5.74) is 0.565. The van der Waals surface area contributed by atoms with Crippen LogP contribution >= 0.6 is 0 Å². The van der Waals surface area contributed by atoms with E-state index in [9.17, 15) is 22.8 Å². The van der Waals surface area contributed by atoms with E-state index in [-0.39, 0.29) is 30.0 Å². The van der Waals surface area contributed by atoms with E-state index in [0.29, 0.717) is 51.6 Å². The quantitative estimate of drug-likeness (QED) is 0.725. The van der Waals surface area contributed by atoms with Gasteiger partial charge in [-0.2, -0.15) is 18.2 Å². The third-order valence-electron chi connectivity index (χ3n) is 5.33. The number of amides is 3. The van der Waals surface area contributed by atoms with E-state index < -0.39 is 18.0 Å². The van der Waals surface area contributed by atoms with Crippen LogP contribution in [0.25, 0.3) is 11.4 Å². The molecule has 1 atom stereocenters. The first-order valence-corrected chi connectivity index (χ1v) is 10.3. The highest BCUT2D eigenvalue weighted by molar-refractivity contribution is 5.94. The molecule has 13 heteroatoms. The van der Waals surface area contributed by atoms with Crippen molar-refractivity contribution < 1.29 is 36.8 Å². The first-order valence-electron chi connectivity index (χ1n) is 10.3. The van der Waals surface area contributed by atoms with Crippen LogP contribution in [0.5, 0.6) is 0 Å². The maximum absolute atomic E-state index is 12.9. The summed E-state index contributed by atoms with van der Waals surface area (Å²) >= 11 is 0. The normalized spacial score (nSPS) is 19.4. The third kappa shape index (κ3) is 5.42. The van der Waals surface area contributed by atoms with Crippen molar-refractivity contribution in [1.82, 2.24) is 25.3 Å². The molecule has 4 rings (SSSR count). The average Bonchev–Trinajstić information content (AvgIpc) is 3.34. The Balaban J connectivity index is 1.35. The van der Waals surface area contributed by atoms with Crippen LogP contribution in [-0.4, -0.2) is 90.5 Å². The maximum atomic E-state index is 12.9. The summed E-state index contributed by atoms with van der Waals surface area (Å²) in [6.45, 7) is 3.37. The number of nitrogens with one attached hydrogen (secondary N) is 1. The molecule has 0 aliphatic carbocycles. The van der Waals surface area contributed by atoms with Gasteiger partial charge in [-0.3, -0.25) is 4.79 Å². The molecule has 2 aliphatic heterocycles. The predicted octanol–water partition coefficient (Wildman–Crippen LogP) is 1.64. The Bertz CT molecular complexity index is 975. The number of halogens is 3. The van der Waals surface area contributed by atoms with E-state index >= 15 is 0 Å². The maximum Gasteiger partial charge on any atom is 0.471 e. The zero-order chi connectivity index (χ0) is 23.4. The topological polar surface area (TPSA) is 110 Å². The lowest BCUT2D eigenvalue weighted by Gasteiger charge is -2.39. The first-order chi connectivity index (χ1) is 15.8. The summed E-state index contributed by atoms with van der Waals surface area (Å²) in [5.74, 6) is -2.06. The number of urea groups is 1. The zero-order valence-corrected chi connectivity index (χ0v) is 17.5. The van der Waals surface area contributed by atoms with Crippen molar-refractivity contribution in [3.63, 3.8) is 0 Å². The Kier molecular flexibility index (Phi) is 6.79. The van der Waals surface area contributed by atoms with Crippen molar-refractivity contribution in [3.8, 4) is 11.4 Å². The van der Waals surface area contributed by atoms with Crippen LogP contribution in [0.15, 0.2) is 28.8 Å². The number of morpholine rings is 2. The monoisotopic (exact) mass is 469 g/mol. The van der Waals surface area contributed by atoms with Gasteiger partial charge in [0, 0.05) is 37.3 Å². The fraction of sp³-hybridized carbons (Fsp3) is 0.500. The minimum absolute atomic E-state index is 0.108. The van der Waals surface area contributed by atoms with Crippen LogP contribution in [-0.2, 0) is 15.7 Å². The van der Waals surface area contributed by atoms with Crippen LogP contribution in [0.1, 0.15) is 16.2 Å². The minimum Gasteiger partial charge on any atom is -0.378 e. The van der Waals surface area contributed by atoms with E-state index in [1.807, 2.05) is 0 Å². The number of rotatable bonds is 4. The first kappa shape index (κ1) is 23.0. The summed E-state index contributed by atoms with van der Waals surface area (Å²) in [7, 11) is 0. The lowest BCUT2D eigenvalue weighted by Crippen LogP contribution is -2.58. The number of ether oxygens (including phenoxy) is 2. The number of nitrogens with zero attached hydrogens (tertiary/aromatic N) is 4. The molecule has 10 nitrogen and oxygen atoms in total. The smallest absolute Gasteiger partial charge is 0.378 e. The summed E-state index contributed by atoms with van der Waals surface area (Å²) in [5, 5.41) is 6.10. The lowest BCUT2D eigenvalue weighted by molar-refractivity contribution is -0.159. The van der Waals surface area contributed by atoms with E-state index in [1.54, 1.807) is 9.80 Å². The largest absolute Gasteiger partial charge is 0.471 e. The molecular formula is C20H22F3N5O5. The molecule has 33 heavy (non-hydrogen) atoms. The molecule has 1 N–H and O–H groups in total. The van der Waals surface area contributed by atoms with Gasteiger partial charge >= 0.3 is 18.1 Å². The molecule has 2 aromatic rings. The molecule has 0 saturated carbocycles. The van der Waals surface area contributed by atoms with Gasteiger partial charge in [-0.25, -0.2) is 4.79 Å². The van der Waals surface area contributed by atoms with Crippen molar-refractivity contribution in [1.29, 1.82) is 0 Å². The third-order valence-corrected chi connectivity index (χ3v) is 5.33. The predicted molar refractivity (Wildman–Crippen MR) is 106 cm³/mol. The number of hydrogen-bond donors (Lipinski definition) is 1. The van der Waals surface area contributed by atoms with Crippen molar-refractivity contribution >= 4 is 11.9 Å². The number of hydrogen-bond acceptors (Lipinski definition) is 7. The SMILES string of the molecule is O=C(NC[C@H]1COCCN1C(=O)N1CCOCC1)c1ccc(-c2noc(C(F)(F)F)n2)cc1. The molecule has 2 saturated heterocycles. The second-order valence-corrected chi connectivity index (χ2v) is 7.51. The van der Waals surface area contributed by atoms with Gasteiger partial charge in [0.1, 0.15) is 0 Å². The van der Waals surface area contributed by atoms with E-state index in [2.05, 4.69) is 20.0 Å². The van der Waals surface area contributed by atoms with Crippen molar-refractivity contribution in [3.05, 3.63) is 35.7 Å². The molecule has 0 bridgehead atoms. The van der Waals surface area contributed by atoms with E-state index in [1.165, 1.54) is 24.3 Å². The lowest BCUT2D eigenvalue weighted by atomic mass is 10.1. The Morgan fingerprint density at radius 1 is 1.06 bits per heavy atom. The Morgan fingerprint density at radius 2 is 1.76 bits per heavy atom. The highest BCUT2D eigenvalue weighted by atomic mass is 19.4. The highest BCUT2D eigenvalue weighted by Gasteiger charge is 2.38. The van der Waals surface area contributed by atoms with E-state index in [4.69, 9.17) is 9.47 Å². The molecule has 3 amide bonds. The van der Waals surface area contributed by atoms with Crippen molar-refractivity contribution in [2.24, 2.45) is 0 Å². The number of benzene rings is 1. The standard InChI is InChI=1S/C20H22F3N5O5/c21-20(22,23)18-25-16(26-33-18)13-1-3-14(4-2-13)17(29)24-11-15-12-32-10-7-28(15)19(30)27-5-8-31-9-6-27/h1-4,15H,5-12H2,(H,24,29)/t15-/m0/s1. The fourth-order valence-corrected chi connectivity index (χ4v) is 3.55. The van der Waals surface area contributed by atoms with Gasteiger partial charge in [-0.1, -0.05) is 17.3 Å². The van der Waals surface area contributed by atoms with Crippen LogP contribution < -0.4 is 5.32 Å². The molecule has 0 radical (unpaired) electrons. The summed E-state index contributed by atoms with van der Waals surface area (Å²) in [4.78, 5) is 32.2. The molecule has 2 fully saturated rings. The molecule has 2 aliphatic rings. The Hall–Kier alpha value is -3.19. The van der Waals surface area contributed by atoms with Crippen LogP contribution in [0.3, 0.4) is 0 Å². The molecular weight excluding hydrogens is 447 g/mol. The molecule has 1 aromatic heterocycles. The second-order valence-electron chi connectivity index (χ2n) is 7.51. The number of carbonyl (C=O) groups is 2. The summed E-state index contributed by atoms with van der Waals surface area (Å²) in [6, 6.07) is 5.32. The minimum atomic E-state index is -4.73. The molecule has 0 spiro atoms. The van der Waals surface area contributed by atoms with Gasteiger partial charge in [-0.15, -0.1) is 0 Å². The molecule has 1 aromatic carbocycles. The molecule has 0 unspecified atom stereocenters. The van der Waals surface area contributed by atoms with Gasteiger partial charge in [0.25, 0.3) is 5.91 Å². The Morgan fingerprint density at radius 3 is 2.42 bits per heavy atom. The Labute approximate surface area is 186 Å². The van der Waals surface area contributed by atoms with Crippen LogP contribution in [0, 0.1) is 0 Å². The van der Waals surface area contributed by atoms with Gasteiger partial charge in [0.05, 0.1) is 32.5 Å².